The van der Waals surface area contributed by atoms with Gasteiger partial charge < -0.3 is 5.32 Å². The van der Waals surface area contributed by atoms with Gasteiger partial charge >= 0.3 is 0 Å². The Morgan fingerprint density at radius 3 is 2.86 bits per heavy atom. The third-order valence-corrected chi connectivity index (χ3v) is 8.19. The SMILES string of the molecule is CC(=O)NCc1ccc(-c2nc(NC(=O)c3cc4c(s3)CCC(C)C4)sc2C)s1. The largest absolute Gasteiger partial charge is 0.351 e. The molecule has 8 heteroatoms. The Bertz CT molecular complexity index is 1060. The first kappa shape index (κ1) is 20.3. The normalized spacial score (nSPS) is 15.8. The van der Waals surface area contributed by atoms with Gasteiger partial charge in [0.25, 0.3) is 5.91 Å². The quantitative estimate of drug-likeness (QED) is 0.563. The highest BCUT2D eigenvalue weighted by Crippen LogP contribution is 2.36. The summed E-state index contributed by atoms with van der Waals surface area (Å²) >= 11 is 4.72. The first-order valence-corrected chi connectivity index (χ1v) is 12.1. The molecule has 29 heavy (non-hydrogen) atoms. The molecule has 3 aromatic rings. The molecule has 2 amide bonds. The van der Waals surface area contributed by atoms with Gasteiger partial charge in [0.2, 0.25) is 5.91 Å². The maximum Gasteiger partial charge on any atom is 0.267 e. The minimum atomic E-state index is -0.0742. The lowest BCUT2D eigenvalue weighted by Gasteiger charge is -2.16. The van der Waals surface area contributed by atoms with E-state index in [2.05, 4.69) is 28.6 Å². The van der Waals surface area contributed by atoms with Crippen molar-refractivity contribution in [2.75, 3.05) is 5.32 Å². The van der Waals surface area contributed by atoms with E-state index in [-0.39, 0.29) is 11.8 Å². The molecule has 152 valence electrons. The molecule has 3 heterocycles. The van der Waals surface area contributed by atoms with Gasteiger partial charge in [0.15, 0.2) is 5.13 Å². The Kier molecular flexibility index (Phi) is 5.85. The average molecular weight is 446 g/mol. The van der Waals surface area contributed by atoms with Crippen LogP contribution in [0.5, 0.6) is 0 Å². The minimum absolute atomic E-state index is 0.0421. The van der Waals surface area contributed by atoms with Crippen LogP contribution in [0.2, 0.25) is 0 Å². The Morgan fingerprint density at radius 1 is 1.24 bits per heavy atom. The standard InChI is InChI=1S/C21H23N3O2S3/c1-11-4-6-16-14(8-11)9-18(29-16)20(26)24-21-23-19(12(2)27-21)17-7-5-15(28-17)10-22-13(3)25/h5,7,9,11H,4,6,8,10H2,1-3H3,(H,22,25)(H,23,24,26). The molecular weight excluding hydrogens is 422 g/mol. The average Bonchev–Trinajstić information content (AvgIpc) is 3.37. The van der Waals surface area contributed by atoms with Gasteiger partial charge in [-0.25, -0.2) is 4.98 Å². The Balaban J connectivity index is 1.47. The van der Waals surface area contributed by atoms with Crippen molar-refractivity contribution in [3.8, 4) is 10.6 Å². The second-order valence-corrected chi connectivity index (χ2v) is 11.0. The third kappa shape index (κ3) is 4.60. The number of nitrogens with one attached hydrogen (secondary N) is 2. The van der Waals surface area contributed by atoms with Crippen LogP contribution in [-0.4, -0.2) is 16.8 Å². The van der Waals surface area contributed by atoms with Gasteiger partial charge in [-0.3, -0.25) is 14.9 Å². The van der Waals surface area contributed by atoms with Gasteiger partial charge in [-0.15, -0.1) is 34.0 Å². The van der Waals surface area contributed by atoms with Crippen LogP contribution in [0.4, 0.5) is 5.13 Å². The van der Waals surface area contributed by atoms with Gasteiger partial charge in [-0.1, -0.05) is 6.92 Å². The van der Waals surface area contributed by atoms with E-state index in [1.165, 1.54) is 35.1 Å². The molecule has 0 spiro atoms. The number of aryl methyl sites for hydroxylation is 2. The van der Waals surface area contributed by atoms with Crippen LogP contribution in [0.15, 0.2) is 18.2 Å². The van der Waals surface area contributed by atoms with E-state index in [1.807, 2.05) is 19.1 Å². The fourth-order valence-electron chi connectivity index (χ4n) is 3.47. The van der Waals surface area contributed by atoms with Crippen LogP contribution in [-0.2, 0) is 24.2 Å². The molecule has 1 aliphatic carbocycles. The number of carbonyl (C=O) groups excluding carboxylic acids is 2. The predicted molar refractivity (Wildman–Crippen MR) is 121 cm³/mol. The summed E-state index contributed by atoms with van der Waals surface area (Å²) in [6.45, 7) is 6.32. The first-order chi connectivity index (χ1) is 13.9. The van der Waals surface area contributed by atoms with E-state index < -0.39 is 0 Å². The van der Waals surface area contributed by atoms with Crippen molar-refractivity contribution in [1.29, 1.82) is 0 Å². The maximum absolute atomic E-state index is 12.8. The molecule has 0 saturated heterocycles. The molecule has 2 N–H and O–H groups in total. The number of hydrogen-bond acceptors (Lipinski definition) is 6. The zero-order valence-corrected chi connectivity index (χ0v) is 19.1. The number of nitrogens with zero attached hydrogens (tertiary/aromatic N) is 1. The van der Waals surface area contributed by atoms with Crippen molar-refractivity contribution in [3.05, 3.63) is 43.3 Å². The molecule has 5 nitrogen and oxygen atoms in total. The zero-order chi connectivity index (χ0) is 20.5. The van der Waals surface area contributed by atoms with E-state index in [4.69, 9.17) is 0 Å². The summed E-state index contributed by atoms with van der Waals surface area (Å²) in [5.74, 6) is 0.577. The zero-order valence-electron chi connectivity index (χ0n) is 16.6. The third-order valence-electron chi connectivity index (χ3n) is 4.98. The smallest absolute Gasteiger partial charge is 0.267 e. The molecule has 0 fully saturated rings. The summed E-state index contributed by atoms with van der Waals surface area (Å²) in [4.78, 5) is 33.8. The molecule has 4 rings (SSSR count). The summed E-state index contributed by atoms with van der Waals surface area (Å²) in [6.07, 6.45) is 3.35. The van der Waals surface area contributed by atoms with E-state index in [9.17, 15) is 9.59 Å². The van der Waals surface area contributed by atoms with Crippen molar-refractivity contribution in [2.45, 2.75) is 46.6 Å². The second-order valence-electron chi connectivity index (χ2n) is 7.46. The van der Waals surface area contributed by atoms with Crippen molar-refractivity contribution in [1.82, 2.24) is 10.3 Å². The number of carbonyl (C=O) groups is 2. The molecule has 1 aliphatic rings. The molecule has 0 saturated carbocycles. The molecular formula is C21H23N3O2S3. The number of fused-ring (bicyclic) bond motifs is 1. The fourth-order valence-corrected chi connectivity index (χ4v) is 6.45. The second kappa shape index (κ2) is 8.38. The molecule has 0 aromatic carbocycles. The molecule has 0 aliphatic heterocycles. The van der Waals surface area contributed by atoms with Crippen molar-refractivity contribution in [2.24, 2.45) is 5.92 Å². The lowest BCUT2D eigenvalue weighted by Crippen LogP contribution is -2.17. The predicted octanol–water partition coefficient (Wildman–Crippen LogP) is 5.25. The fraction of sp³-hybridized carbons (Fsp3) is 0.381. The van der Waals surface area contributed by atoms with Crippen molar-refractivity contribution < 1.29 is 9.59 Å². The van der Waals surface area contributed by atoms with Crippen LogP contribution in [0.1, 0.15) is 50.1 Å². The lowest BCUT2D eigenvalue weighted by molar-refractivity contribution is -0.119. The summed E-state index contributed by atoms with van der Waals surface area (Å²) in [5.41, 5.74) is 2.23. The van der Waals surface area contributed by atoms with E-state index >= 15 is 0 Å². The van der Waals surface area contributed by atoms with Crippen LogP contribution in [0, 0.1) is 12.8 Å². The summed E-state index contributed by atoms with van der Waals surface area (Å²) < 4.78 is 0. The Labute approximate surface area is 182 Å². The number of thiazole rings is 1. The Hall–Kier alpha value is -2.03. The number of rotatable bonds is 5. The van der Waals surface area contributed by atoms with Gasteiger partial charge in [0, 0.05) is 21.6 Å². The van der Waals surface area contributed by atoms with Crippen LogP contribution < -0.4 is 10.6 Å². The monoisotopic (exact) mass is 445 g/mol. The first-order valence-electron chi connectivity index (χ1n) is 9.63. The number of aromatic nitrogens is 1. The van der Waals surface area contributed by atoms with Gasteiger partial charge in [-0.2, -0.15) is 0 Å². The van der Waals surface area contributed by atoms with Crippen LogP contribution in [0.25, 0.3) is 10.6 Å². The van der Waals surface area contributed by atoms with E-state index in [0.717, 1.165) is 38.0 Å². The van der Waals surface area contributed by atoms with Gasteiger partial charge in [0.05, 0.1) is 22.0 Å². The highest BCUT2D eigenvalue weighted by Gasteiger charge is 2.21. The van der Waals surface area contributed by atoms with E-state index in [0.29, 0.717) is 17.6 Å². The number of amides is 2. The van der Waals surface area contributed by atoms with Crippen LogP contribution in [0.3, 0.4) is 0 Å². The molecule has 1 unspecified atom stereocenters. The van der Waals surface area contributed by atoms with Crippen molar-refractivity contribution in [3.63, 3.8) is 0 Å². The van der Waals surface area contributed by atoms with Gasteiger partial charge in [-0.05, 0) is 55.9 Å². The summed E-state index contributed by atoms with van der Waals surface area (Å²) in [6, 6.07) is 6.08. The number of thiophene rings is 2. The van der Waals surface area contributed by atoms with Gasteiger partial charge in [0.1, 0.15) is 0 Å². The molecule has 0 radical (unpaired) electrons. The topological polar surface area (TPSA) is 71.1 Å². The Morgan fingerprint density at radius 2 is 2.07 bits per heavy atom. The van der Waals surface area contributed by atoms with Crippen LogP contribution >= 0.6 is 34.0 Å². The lowest BCUT2D eigenvalue weighted by atomic mass is 9.90. The highest BCUT2D eigenvalue weighted by atomic mass is 32.1. The minimum Gasteiger partial charge on any atom is -0.351 e. The van der Waals surface area contributed by atoms with E-state index in [1.54, 1.807) is 22.7 Å². The molecule has 1 atom stereocenters. The summed E-state index contributed by atoms with van der Waals surface area (Å²) in [7, 11) is 0. The number of anilines is 1. The highest BCUT2D eigenvalue weighted by molar-refractivity contribution is 7.18. The number of hydrogen-bond donors (Lipinski definition) is 2. The molecule has 3 aromatic heterocycles. The summed E-state index contributed by atoms with van der Waals surface area (Å²) in [5, 5.41) is 6.42. The van der Waals surface area contributed by atoms with Crippen molar-refractivity contribution >= 4 is 51.0 Å². The molecule has 0 bridgehead atoms. The maximum atomic E-state index is 12.8.